The SMILES string of the molecule is C=CC(=O)OC1=CC=CCC1OC(C)=O. The molecule has 4 nitrogen and oxygen atoms in total. The Morgan fingerprint density at radius 1 is 1.60 bits per heavy atom. The summed E-state index contributed by atoms with van der Waals surface area (Å²) < 4.78 is 9.91. The minimum atomic E-state index is -0.561. The van der Waals surface area contributed by atoms with Crippen LogP contribution in [0.25, 0.3) is 0 Å². The number of hydrogen-bond acceptors (Lipinski definition) is 4. The third kappa shape index (κ3) is 3.42. The number of rotatable bonds is 3. The second-order valence-corrected chi connectivity index (χ2v) is 2.96. The van der Waals surface area contributed by atoms with Gasteiger partial charge in [0.05, 0.1) is 0 Å². The molecule has 0 heterocycles. The lowest BCUT2D eigenvalue weighted by atomic mass is 10.1. The largest absolute Gasteiger partial charge is 0.454 e. The fourth-order valence-electron chi connectivity index (χ4n) is 1.15. The molecule has 0 amide bonds. The highest BCUT2D eigenvalue weighted by Crippen LogP contribution is 2.18. The van der Waals surface area contributed by atoms with Crippen molar-refractivity contribution in [1.29, 1.82) is 0 Å². The molecule has 0 aliphatic heterocycles. The lowest BCUT2D eigenvalue weighted by Crippen LogP contribution is -2.22. The van der Waals surface area contributed by atoms with Gasteiger partial charge in [-0.25, -0.2) is 4.79 Å². The van der Waals surface area contributed by atoms with Gasteiger partial charge in [0, 0.05) is 19.4 Å². The Morgan fingerprint density at radius 2 is 2.33 bits per heavy atom. The lowest BCUT2D eigenvalue weighted by Gasteiger charge is -2.19. The molecule has 0 N–H and O–H groups in total. The summed E-state index contributed by atoms with van der Waals surface area (Å²) in [5.74, 6) is -0.637. The van der Waals surface area contributed by atoms with Crippen LogP contribution in [0.15, 0.2) is 36.6 Å². The molecule has 0 saturated heterocycles. The van der Waals surface area contributed by atoms with Gasteiger partial charge in [-0.15, -0.1) is 0 Å². The van der Waals surface area contributed by atoms with E-state index in [2.05, 4.69) is 6.58 Å². The molecule has 80 valence electrons. The first-order valence-electron chi connectivity index (χ1n) is 4.51. The second-order valence-electron chi connectivity index (χ2n) is 2.96. The molecular formula is C11H12O4. The van der Waals surface area contributed by atoms with E-state index in [-0.39, 0.29) is 0 Å². The molecule has 0 radical (unpaired) electrons. The smallest absolute Gasteiger partial charge is 0.335 e. The summed E-state index contributed by atoms with van der Waals surface area (Å²) in [6, 6.07) is 0. The van der Waals surface area contributed by atoms with E-state index < -0.39 is 18.0 Å². The molecule has 4 heteroatoms. The van der Waals surface area contributed by atoms with Gasteiger partial charge in [0.15, 0.2) is 6.10 Å². The van der Waals surface area contributed by atoms with Crippen LogP contribution in [-0.4, -0.2) is 18.0 Å². The van der Waals surface area contributed by atoms with Crippen LogP contribution in [0, 0.1) is 0 Å². The number of carbonyl (C=O) groups is 2. The Bertz CT molecular complexity index is 338. The maximum Gasteiger partial charge on any atom is 0.335 e. The molecule has 0 aromatic rings. The van der Waals surface area contributed by atoms with Gasteiger partial charge in [0.2, 0.25) is 0 Å². The summed E-state index contributed by atoms with van der Waals surface area (Å²) >= 11 is 0. The number of allylic oxidation sites excluding steroid dienone is 2. The Labute approximate surface area is 87.9 Å². The van der Waals surface area contributed by atoms with Crippen molar-refractivity contribution < 1.29 is 19.1 Å². The quantitative estimate of drug-likeness (QED) is 0.521. The monoisotopic (exact) mass is 208 g/mol. The van der Waals surface area contributed by atoms with E-state index in [1.54, 1.807) is 12.2 Å². The third-order valence-corrected chi connectivity index (χ3v) is 1.76. The van der Waals surface area contributed by atoms with E-state index >= 15 is 0 Å². The summed E-state index contributed by atoms with van der Waals surface area (Å²) in [4.78, 5) is 21.7. The minimum absolute atomic E-state index is 0.331. The zero-order chi connectivity index (χ0) is 11.3. The van der Waals surface area contributed by atoms with Crippen LogP contribution in [0.3, 0.4) is 0 Å². The summed E-state index contributed by atoms with van der Waals surface area (Å²) in [6.07, 6.45) is 6.22. The molecular weight excluding hydrogens is 196 g/mol. The Kier molecular flexibility index (Phi) is 3.85. The van der Waals surface area contributed by atoms with Crippen molar-refractivity contribution in [3.05, 3.63) is 36.6 Å². The van der Waals surface area contributed by atoms with Crippen molar-refractivity contribution in [3.8, 4) is 0 Å². The first-order chi connectivity index (χ1) is 7.13. The van der Waals surface area contributed by atoms with Gasteiger partial charge in [-0.2, -0.15) is 0 Å². The highest BCUT2D eigenvalue weighted by Gasteiger charge is 2.21. The van der Waals surface area contributed by atoms with E-state index in [0.29, 0.717) is 12.2 Å². The fraction of sp³-hybridized carbons (Fsp3) is 0.273. The van der Waals surface area contributed by atoms with Crippen LogP contribution in [0.2, 0.25) is 0 Å². The van der Waals surface area contributed by atoms with Crippen molar-refractivity contribution in [2.24, 2.45) is 0 Å². The molecule has 1 unspecified atom stereocenters. The van der Waals surface area contributed by atoms with Gasteiger partial charge in [-0.05, 0) is 6.08 Å². The Balaban J connectivity index is 2.68. The molecule has 1 aliphatic rings. The highest BCUT2D eigenvalue weighted by atomic mass is 16.6. The number of carbonyl (C=O) groups excluding carboxylic acids is 2. The van der Waals surface area contributed by atoms with E-state index in [9.17, 15) is 9.59 Å². The topological polar surface area (TPSA) is 52.6 Å². The summed E-state index contributed by atoms with van der Waals surface area (Å²) in [6.45, 7) is 4.60. The van der Waals surface area contributed by atoms with Crippen LogP contribution >= 0.6 is 0 Å². The maximum atomic E-state index is 11.0. The second kappa shape index (κ2) is 5.14. The number of esters is 2. The van der Waals surface area contributed by atoms with E-state index in [1.807, 2.05) is 6.08 Å². The van der Waals surface area contributed by atoms with Crippen LogP contribution in [0.5, 0.6) is 0 Å². The van der Waals surface area contributed by atoms with Crippen LogP contribution in [0.4, 0.5) is 0 Å². The summed E-state index contributed by atoms with van der Waals surface area (Å²) in [5, 5.41) is 0. The average Bonchev–Trinajstić information content (AvgIpc) is 2.20. The van der Waals surface area contributed by atoms with Gasteiger partial charge in [0.25, 0.3) is 0 Å². The summed E-state index contributed by atoms with van der Waals surface area (Å²) in [7, 11) is 0. The molecule has 1 aliphatic carbocycles. The van der Waals surface area contributed by atoms with Crippen molar-refractivity contribution >= 4 is 11.9 Å². The molecule has 0 aromatic carbocycles. The molecule has 0 saturated carbocycles. The first-order valence-corrected chi connectivity index (χ1v) is 4.51. The Morgan fingerprint density at radius 3 is 2.93 bits per heavy atom. The zero-order valence-electron chi connectivity index (χ0n) is 8.43. The average molecular weight is 208 g/mol. The van der Waals surface area contributed by atoms with Crippen molar-refractivity contribution in [2.75, 3.05) is 0 Å². The normalized spacial score (nSPS) is 19.0. The fourth-order valence-corrected chi connectivity index (χ4v) is 1.15. The predicted molar refractivity (Wildman–Crippen MR) is 53.7 cm³/mol. The molecule has 0 bridgehead atoms. The Hall–Kier alpha value is -1.84. The maximum absolute atomic E-state index is 11.0. The molecule has 0 aromatic heterocycles. The first kappa shape index (κ1) is 11.2. The minimum Gasteiger partial charge on any atom is -0.454 e. The lowest BCUT2D eigenvalue weighted by molar-refractivity contribution is -0.149. The van der Waals surface area contributed by atoms with E-state index in [0.717, 1.165) is 6.08 Å². The predicted octanol–water partition coefficient (Wildman–Crippen LogP) is 1.49. The molecule has 0 spiro atoms. The van der Waals surface area contributed by atoms with Gasteiger partial charge in [-0.3, -0.25) is 4.79 Å². The summed E-state index contributed by atoms with van der Waals surface area (Å²) in [5.41, 5.74) is 0. The van der Waals surface area contributed by atoms with Crippen LogP contribution in [0.1, 0.15) is 13.3 Å². The van der Waals surface area contributed by atoms with Crippen molar-refractivity contribution in [2.45, 2.75) is 19.4 Å². The van der Waals surface area contributed by atoms with E-state index in [4.69, 9.17) is 9.47 Å². The highest BCUT2D eigenvalue weighted by molar-refractivity contribution is 5.82. The van der Waals surface area contributed by atoms with Crippen molar-refractivity contribution in [3.63, 3.8) is 0 Å². The van der Waals surface area contributed by atoms with E-state index in [1.165, 1.54) is 6.92 Å². The van der Waals surface area contributed by atoms with Gasteiger partial charge < -0.3 is 9.47 Å². The molecule has 1 atom stereocenters. The van der Waals surface area contributed by atoms with Gasteiger partial charge >= 0.3 is 11.9 Å². The molecule has 1 rings (SSSR count). The molecule has 0 fully saturated rings. The molecule has 15 heavy (non-hydrogen) atoms. The van der Waals surface area contributed by atoms with Crippen molar-refractivity contribution in [1.82, 2.24) is 0 Å². The van der Waals surface area contributed by atoms with Crippen LogP contribution in [-0.2, 0) is 19.1 Å². The van der Waals surface area contributed by atoms with Crippen LogP contribution < -0.4 is 0 Å². The van der Waals surface area contributed by atoms with Gasteiger partial charge in [0.1, 0.15) is 5.76 Å². The standard InChI is InChI=1S/C11H12O4/c1-3-11(13)15-10-7-5-4-6-9(10)14-8(2)12/h3-5,7,9H,1,6H2,2H3. The van der Waals surface area contributed by atoms with Gasteiger partial charge in [-0.1, -0.05) is 18.7 Å². The number of ether oxygens (including phenoxy) is 2. The third-order valence-electron chi connectivity index (χ3n) is 1.76. The number of hydrogen-bond donors (Lipinski definition) is 0. The zero-order valence-corrected chi connectivity index (χ0v) is 8.43.